The average Bonchev–Trinajstić information content (AvgIpc) is 2.34. The quantitative estimate of drug-likeness (QED) is 0.658. The summed E-state index contributed by atoms with van der Waals surface area (Å²) >= 11 is 0. The first-order valence-electron chi connectivity index (χ1n) is 5.99. The lowest BCUT2D eigenvalue weighted by Crippen LogP contribution is -2.14. The lowest BCUT2D eigenvalue weighted by atomic mass is 10.1. The number of rotatable bonds is 8. The molecule has 88 valence electrons. The van der Waals surface area contributed by atoms with Gasteiger partial charge in [-0.25, -0.2) is 0 Å². The van der Waals surface area contributed by atoms with Crippen LogP contribution in [0.2, 0.25) is 0 Å². The first-order chi connectivity index (χ1) is 7.86. The first kappa shape index (κ1) is 12.9. The van der Waals surface area contributed by atoms with E-state index in [-0.39, 0.29) is 0 Å². The molecule has 0 heterocycles. The van der Waals surface area contributed by atoms with E-state index >= 15 is 0 Å². The van der Waals surface area contributed by atoms with E-state index in [1.54, 1.807) is 0 Å². The van der Waals surface area contributed by atoms with E-state index in [1.165, 1.54) is 24.0 Å². The molecule has 0 fully saturated rings. The van der Waals surface area contributed by atoms with E-state index in [0.717, 1.165) is 26.1 Å². The van der Waals surface area contributed by atoms with E-state index in [1.807, 2.05) is 6.08 Å². The summed E-state index contributed by atoms with van der Waals surface area (Å²) < 4.78 is 0. The molecule has 0 aliphatic heterocycles. The normalized spacial score (nSPS) is 10.3. The molecule has 1 rings (SSSR count). The molecule has 0 spiro atoms. The van der Waals surface area contributed by atoms with Crippen LogP contribution in [-0.4, -0.2) is 13.1 Å². The Bertz CT molecular complexity index is 290. The molecule has 0 radical (unpaired) electrons. The van der Waals surface area contributed by atoms with Crippen LogP contribution in [0, 0.1) is 0 Å². The third-order valence-electron chi connectivity index (χ3n) is 2.60. The molecule has 0 aliphatic carbocycles. The Hall–Kier alpha value is -1.12. The Morgan fingerprint density at radius 2 is 1.88 bits per heavy atom. The van der Waals surface area contributed by atoms with Crippen LogP contribution in [0.5, 0.6) is 0 Å². The first-order valence-corrected chi connectivity index (χ1v) is 5.99. The van der Waals surface area contributed by atoms with Crippen molar-refractivity contribution in [2.75, 3.05) is 13.1 Å². The Labute approximate surface area is 98.6 Å². The van der Waals surface area contributed by atoms with Crippen molar-refractivity contribution in [2.24, 2.45) is 5.73 Å². The number of benzene rings is 1. The Morgan fingerprint density at radius 1 is 1.12 bits per heavy atom. The second-order valence-corrected chi connectivity index (χ2v) is 3.97. The van der Waals surface area contributed by atoms with Crippen LogP contribution < -0.4 is 11.1 Å². The Kier molecular flexibility index (Phi) is 6.54. The predicted molar refractivity (Wildman–Crippen MR) is 71.1 cm³/mol. The van der Waals surface area contributed by atoms with Crippen LogP contribution in [0.15, 0.2) is 30.8 Å². The van der Waals surface area contributed by atoms with Crippen molar-refractivity contribution in [3.63, 3.8) is 0 Å². The van der Waals surface area contributed by atoms with Crippen molar-refractivity contribution in [3.8, 4) is 0 Å². The van der Waals surface area contributed by atoms with Crippen molar-refractivity contribution >= 4 is 6.08 Å². The summed E-state index contributed by atoms with van der Waals surface area (Å²) in [5, 5.41) is 3.43. The second-order valence-electron chi connectivity index (χ2n) is 3.97. The second kappa shape index (κ2) is 8.08. The van der Waals surface area contributed by atoms with Gasteiger partial charge in [-0.15, -0.1) is 0 Å². The van der Waals surface area contributed by atoms with Gasteiger partial charge in [-0.05, 0) is 37.1 Å². The van der Waals surface area contributed by atoms with Crippen LogP contribution in [0.25, 0.3) is 6.08 Å². The number of nitrogens with two attached hydrogens (primary N) is 1. The molecule has 16 heavy (non-hydrogen) atoms. The summed E-state index contributed by atoms with van der Waals surface area (Å²) in [6, 6.07) is 8.48. The highest BCUT2D eigenvalue weighted by Crippen LogP contribution is 2.05. The van der Waals surface area contributed by atoms with E-state index in [4.69, 9.17) is 5.73 Å². The monoisotopic (exact) mass is 218 g/mol. The van der Waals surface area contributed by atoms with Crippen molar-refractivity contribution in [1.29, 1.82) is 0 Å². The van der Waals surface area contributed by atoms with E-state index in [2.05, 4.69) is 36.2 Å². The summed E-state index contributed by atoms with van der Waals surface area (Å²) in [5.41, 5.74) is 7.93. The predicted octanol–water partition coefficient (Wildman–Crippen LogP) is 2.55. The maximum absolute atomic E-state index is 5.43. The van der Waals surface area contributed by atoms with Gasteiger partial charge in [0.2, 0.25) is 0 Å². The molecule has 0 unspecified atom stereocenters. The maximum Gasteiger partial charge on any atom is 0.0205 e. The third kappa shape index (κ3) is 5.10. The summed E-state index contributed by atoms with van der Waals surface area (Å²) in [5.74, 6) is 0. The minimum absolute atomic E-state index is 0.809. The number of unbranched alkanes of at least 4 members (excludes halogenated alkanes) is 2. The molecule has 0 aliphatic rings. The lowest BCUT2D eigenvalue weighted by Gasteiger charge is -2.05. The SMILES string of the molecule is C=Cc1ccc(CNCCCCCN)cc1. The van der Waals surface area contributed by atoms with Crippen LogP contribution in [-0.2, 0) is 6.54 Å². The third-order valence-corrected chi connectivity index (χ3v) is 2.60. The van der Waals surface area contributed by atoms with E-state index in [9.17, 15) is 0 Å². The summed E-state index contributed by atoms with van der Waals surface area (Å²) in [6.07, 6.45) is 5.43. The Morgan fingerprint density at radius 3 is 2.50 bits per heavy atom. The van der Waals surface area contributed by atoms with Gasteiger partial charge in [-0.1, -0.05) is 43.3 Å². The molecule has 0 bridgehead atoms. The maximum atomic E-state index is 5.43. The van der Waals surface area contributed by atoms with Gasteiger partial charge >= 0.3 is 0 Å². The molecule has 3 N–H and O–H groups in total. The van der Waals surface area contributed by atoms with Gasteiger partial charge in [0.1, 0.15) is 0 Å². The number of nitrogens with one attached hydrogen (secondary N) is 1. The fourth-order valence-corrected chi connectivity index (χ4v) is 1.58. The van der Waals surface area contributed by atoms with Crippen LogP contribution >= 0.6 is 0 Å². The van der Waals surface area contributed by atoms with Gasteiger partial charge < -0.3 is 11.1 Å². The highest BCUT2D eigenvalue weighted by Gasteiger charge is 1.92. The zero-order valence-corrected chi connectivity index (χ0v) is 9.91. The smallest absolute Gasteiger partial charge is 0.0205 e. The van der Waals surface area contributed by atoms with Crippen LogP contribution in [0.3, 0.4) is 0 Å². The molecule has 0 amide bonds. The fraction of sp³-hybridized carbons (Fsp3) is 0.429. The topological polar surface area (TPSA) is 38.0 Å². The molecule has 0 aromatic heterocycles. The van der Waals surface area contributed by atoms with Crippen molar-refractivity contribution in [1.82, 2.24) is 5.32 Å². The molecular formula is C14H22N2. The standard InChI is InChI=1S/C14H22N2/c1-2-13-6-8-14(9-7-13)12-16-11-5-3-4-10-15/h2,6-9,16H,1,3-5,10-12,15H2. The molecule has 2 heteroatoms. The van der Waals surface area contributed by atoms with Crippen molar-refractivity contribution in [3.05, 3.63) is 42.0 Å². The molecule has 0 saturated carbocycles. The van der Waals surface area contributed by atoms with Gasteiger partial charge in [0.15, 0.2) is 0 Å². The van der Waals surface area contributed by atoms with E-state index < -0.39 is 0 Å². The van der Waals surface area contributed by atoms with Crippen LogP contribution in [0.4, 0.5) is 0 Å². The molecule has 0 saturated heterocycles. The van der Waals surface area contributed by atoms with Crippen molar-refractivity contribution in [2.45, 2.75) is 25.8 Å². The number of hydrogen-bond donors (Lipinski definition) is 2. The minimum atomic E-state index is 0.809. The molecule has 1 aromatic rings. The fourth-order valence-electron chi connectivity index (χ4n) is 1.58. The van der Waals surface area contributed by atoms with Gasteiger partial charge in [0.05, 0.1) is 0 Å². The molecule has 1 aromatic carbocycles. The van der Waals surface area contributed by atoms with Gasteiger partial charge in [0, 0.05) is 6.54 Å². The highest BCUT2D eigenvalue weighted by molar-refractivity contribution is 5.47. The van der Waals surface area contributed by atoms with Crippen LogP contribution in [0.1, 0.15) is 30.4 Å². The van der Waals surface area contributed by atoms with Gasteiger partial charge in [-0.2, -0.15) is 0 Å². The average molecular weight is 218 g/mol. The Balaban J connectivity index is 2.14. The molecule has 0 atom stereocenters. The zero-order chi connectivity index (χ0) is 11.6. The lowest BCUT2D eigenvalue weighted by molar-refractivity contribution is 0.606. The molecular weight excluding hydrogens is 196 g/mol. The summed E-state index contributed by atoms with van der Waals surface area (Å²) in [7, 11) is 0. The minimum Gasteiger partial charge on any atom is -0.330 e. The van der Waals surface area contributed by atoms with Crippen molar-refractivity contribution < 1.29 is 0 Å². The summed E-state index contributed by atoms with van der Waals surface area (Å²) in [6.45, 7) is 6.56. The largest absolute Gasteiger partial charge is 0.330 e. The van der Waals surface area contributed by atoms with Gasteiger partial charge in [0.25, 0.3) is 0 Å². The summed E-state index contributed by atoms with van der Waals surface area (Å²) in [4.78, 5) is 0. The van der Waals surface area contributed by atoms with Gasteiger partial charge in [-0.3, -0.25) is 0 Å². The number of hydrogen-bond acceptors (Lipinski definition) is 2. The highest BCUT2D eigenvalue weighted by atomic mass is 14.8. The van der Waals surface area contributed by atoms with E-state index in [0.29, 0.717) is 0 Å². The molecule has 2 nitrogen and oxygen atoms in total. The zero-order valence-electron chi connectivity index (χ0n) is 9.91.